The molecule has 98 valence electrons. The number of primary amides is 1. The molecule has 0 aliphatic heterocycles. The summed E-state index contributed by atoms with van der Waals surface area (Å²) >= 11 is 0. The Labute approximate surface area is 105 Å². The second kappa shape index (κ2) is 6.58. The first-order valence-electron chi connectivity index (χ1n) is 5.50. The van der Waals surface area contributed by atoms with E-state index < -0.39 is 6.03 Å². The standard InChI is InChI=1S/C12H16FN3O2/c1-16(12(14)18)8-11(17)15-7-6-9-2-4-10(13)5-3-9/h2-5H,6-8H2,1H3,(H2,14,18)(H,15,17). The van der Waals surface area contributed by atoms with Crippen LogP contribution in [0.5, 0.6) is 0 Å². The Bertz CT molecular complexity index is 420. The quantitative estimate of drug-likeness (QED) is 0.801. The van der Waals surface area contributed by atoms with Crippen molar-refractivity contribution in [2.75, 3.05) is 20.1 Å². The number of hydrogen-bond donors (Lipinski definition) is 2. The number of likely N-dealkylation sites (N-methyl/N-ethyl adjacent to an activating group) is 1. The number of nitrogens with two attached hydrogens (primary N) is 1. The first kappa shape index (κ1) is 14.0. The summed E-state index contributed by atoms with van der Waals surface area (Å²) in [5.41, 5.74) is 5.92. The van der Waals surface area contributed by atoms with E-state index in [1.165, 1.54) is 19.2 Å². The molecule has 0 unspecified atom stereocenters. The van der Waals surface area contributed by atoms with E-state index in [0.717, 1.165) is 10.5 Å². The summed E-state index contributed by atoms with van der Waals surface area (Å²) in [6.07, 6.45) is 0.603. The second-order valence-electron chi connectivity index (χ2n) is 3.92. The third kappa shape index (κ3) is 4.82. The molecule has 0 bridgehead atoms. The lowest BCUT2D eigenvalue weighted by Crippen LogP contribution is -2.41. The van der Waals surface area contributed by atoms with Gasteiger partial charge in [-0.2, -0.15) is 0 Å². The average Bonchev–Trinajstić information content (AvgIpc) is 2.31. The Hall–Kier alpha value is -2.11. The minimum absolute atomic E-state index is 0.0707. The van der Waals surface area contributed by atoms with Crippen molar-refractivity contribution in [1.29, 1.82) is 0 Å². The van der Waals surface area contributed by atoms with Crippen molar-refractivity contribution >= 4 is 11.9 Å². The van der Waals surface area contributed by atoms with Crippen LogP contribution in [0.4, 0.5) is 9.18 Å². The molecule has 1 aromatic rings. The maximum atomic E-state index is 12.6. The van der Waals surface area contributed by atoms with Gasteiger partial charge in [0.1, 0.15) is 12.4 Å². The predicted molar refractivity (Wildman–Crippen MR) is 65.3 cm³/mol. The summed E-state index contributed by atoms with van der Waals surface area (Å²) in [6.45, 7) is 0.357. The molecular formula is C12H16FN3O2. The molecule has 0 aliphatic carbocycles. The van der Waals surface area contributed by atoms with E-state index in [1.807, 2.05) is 0 Å². The van der Waals surface area contributed by atoms with E-state index in [2.05, 4.69) is 5.32 Å². The first-order valence-corrected chi connectivity index (χ1v) is 5.50. The van der Waals surface area contributed by atoms with E-state index in [1.54, 1.807) is 12.1 Å². The topological polar surface area (TPSA) is 75.4 Å². The molecule has 0 aliphatic rings. The monoisotopic (exact) mass is 253 g/mol. The zero-order chi connectivity index (χ0) is 13.5. The Balaban J connectivity index is 2.27. The van der Waals surface area contributed by atoms with Gasteiger partial charge in [-0.15, -0.1) is 0 Å². The largest absolute Gasteiger partial charge is 0.354 e. The van der Waals surface area contributed by atoms with E-state index in [9.17, 15) is 14.0 Å². The highest BCUT2D eigenvalue weighted by Crippen LogP contribution is 2.02. The molecule has 0 heterocycles. The van der Waals surface area contributed by atoms with E-state index in [-0.39, 0.29) is 18.3 Å². The van der Waals surface area contributed by atoms with Gasteiger partial charge in [-0.3, -0.25) is 4.79 Å². The summed E-state index contributed by atoms with van der Waals surface area (Å²) in [5.74, 6) is -0.565. The molecule has 0 saturated heterocycles. The van der Waals surface area contributed by atoms with Gasteiger partial charge >= 0.3 is 6.03 Å². The number of amides is 3. The normalized spacial score (nSPS) is 9.89. The van der Waals surface area contributed by atoms with Crippen molar-refractivity contribution in [2.24, 2.45) is 5.73 Å². The summed E-state index contributed by atoms with van der Waals surface area (Å²) < 4.78 is 12.6. The Morgan fingerprint density at radius 3 is 2.50 bits per heavy atom. The molecule has 18 heavy (non-hydrogen) atoms. The predicted octanol–water partition coefficient (Wildman–Crippen LogP) is 0.495. The lowest BCUT2D eigenvalue weighted by molar-refractivity contribution is -0.121. The Kier molecular flexibility index (Phi) is 5.10. The van der Waals surface area contributed by atoms with Crippen molar-refractivity contribution in [2.45, 2.75) is 6.42 Å². The maximum Gasteiger partial charge on any atom is 0.314 e. The van der Waals surface area contributed by atoms with E-state index >= 15 is 0 Å². The molecule has 0 fully saturated rings. The summed E-state index contributed by atoms with van der Waals surface area (Å²) in [6, 6.07) is 5.42. The van der Waals surface area contributed by atoms with Crippen LogP contribution in [0.15, 0.2) is 24.3 Å². The van der Waals surface area contributed by atoms with Crippen LogP contribution in [-0.2, 0) is 11.2 Å². The zero-order valence-corrected chi connectivity index (χ0v) is 10.1. The first-order chi connectivity index (χ1) is 8.49. The minimum Gasteiger partial charge on any atom is -0.354 e. The fourth-order valence-electron chi connectivity index (χ4n) is 1.35. The van der Waals surface area contributed by atoms with Gasteiger partial charge in [-0.1, -0.05) is 12.1 Å². The van der Waals surface area contributed by atoms with Crippen LogP contribution in [0.25, 0.3) is 0 Å². The fourth-order valence-corrected chi connectivity index (χ4v) is 1.35. The fraction of sp³-hybridized carbons (Fsp3) is 0.333. The lowest BCUT2D eigenvalue weighted by atomic mass is 10.1. The molecular weight excluding hydrogens is 237 g/mol. The average molecular weight is 253 g/mol. The van der Waals surface area contributed by atoms with Crippen molar-refractivity contribution < 1.29 is 14.0 Å². The van der Waals surface area contributed by atoms with Gasteiger partial charge in [0.25, 0.3) is 0 Å². The molecule has 1 aromatic carbocycles. The minimum atomic E-state index is -0.649. The van der Waals surface area contributed by atoms with Gasteiger partial charge in [-0.25, -0.2) is 9.18 Å². The van der Waals surface area contributed by atoms with Gasteiger partial charge in [0, 0.05) is 13.6 Å². The van der Waals surface area contributed by atoms with Gasteiger partial charge in [0.05, 0.1) is 0 Å². The lowest BCUT2D eigenvalue weighted by Gasteiger charge is -2.13. The zero-order valence-electron chi connectivity index (χ0n) is 10.1. The van der Waals surface area contributed by atoms with E-state index in [0.29, 0.717) is 13.0 Å². The van der Waals surface area contributed by atoms with Gasteiger partial charge in [-0.05, 0) is 24.1 Å². The van der Waals surface area contributed by atoms with Gasteiger partial charge < -0.3 is 16.0 Å². The molecule has 0 atom stereocenters. The highest BCUT2D eigenvalue weighted by Gasteiger charge is 2.08. The van der Waals surface area contributed by atoms with Crippen LogP contribution in [0.2, 0.25) is 0 Å². The number of benzene rings is 1. The molecule has 3 N–H and O–H groups in total. The van der Waals surface area contributed by atoms with Gasteiger partial charge in [0.2, 0.25) is 5.91 Å². The summed E-state index contributed by atoms with van der Waals surface area (Å²) in [4.78, 5) is 23.2. The number of halogens is 1. The van der Waals surface area contributed by atoms with Crippen LogP contribution < -0.4 is 11.1 Å². The molecule has 5 nitrogen and oxygen atoms in total. The van der Waals surface area contributed by atoms with Crippen LogP contribution >= 0.6 is 0 Å². The molecule has 1 rings (SSSR count). The number of carbonyl (C=O) groups is 2. The SMILES string of the molecule is CN(CC(=O)NCCc1ccc(F)cc1)C(N)=O. The molecule has 3 amide bonds. The molecule has 0 saturated carbocycles. The highest BCUT2D eigenvalue weighted by molar-refractivity contribution is 5.83. The van der Waals surface area contributed by atoms with Crippen molar-refractivity contribution in [3.8, 4) is 0 Å². The smallest absolute Gasteiger partial charge is 0.314 e. The van der Waals surface area contributed by atoms with Crippen molar-refractivity contribution in [3.05, 3.63) is 35.6 Å². The summed E-state index contributed by atoms with van der Waals surface area (Å²) in [7, 11) is 1.45. The Morgan fingerprint density at radius 1 is 1.33 bits per heavy atom. The van der Waals surface area contributed by atoms with Crippen LogP contribution in [0, 0.1) is 5.82 Å². The molecule has 0 aromatic heterocycles. The van der Waals surface area contributed by atoms with Crippen LogP contribution in [0.3, 0.4) is 0 Å². The third-order valence-electron chi connectivity index (χ3n) is 2.41. The van der Waals surface area contributed by atoms with Crippen LogP contribution in [0.1, 0.15) is 5.56 Å². The number of urea groups is 1. The number of hydrogen-bond acceptors (Lipinski definition) is 2. The van der Waals surface area contributed by atoms with E-state index in [4.69, 9.17) is 5.73 Å². The Morgan fingerprint density at radius 2 is 1.94 bits per heavy atom. The molecule has 0 spiro atoms. The summed E-state index contributed by atoms with van der Waals surface area (Å²) in [5, 5.41) is 2.65. The van der Waals surface area contributed by atoms with Crippen molar-refractivity contribution in [3.63, 3.8) is 0 Å². The van der Waals surface area contributed by atoms with Gasteiger partial charge in [0.15, 0.2) is 0 Å². The number of carbonyl (C=O) groups excluding carboxylic acids is 2. The maximum absolute atomic E-state index is 12.6. The third-order valence-corrected chi connectivity index (χ3v) is 2.41. The second-order valence-corrected chi connectivity index (χ2v) is 3.92. The number of nitrogens with zero attached hydrogens (tertiary/aromatic N) is 1. The number of rotatable bonds is 5. The number of nitrogens with one attached hydrogen (secondary N) is 1. The van der Waals surface area contributed by atoms with Crippen molar-refractivity contribution in [1.82, 2.24) is 10.2 Å². The molecule has 0 radical (unpaired) electrons. The van der Waals surface area contributed by atoms with Crippen LogP contribution in [-0.4, -0.2) is 37.0 Å². The highest BCUT2D eigenvalue weighted by atomic mass is 19.1. The molecule has 6 heteroatoms.